The Morgan fingerprint density at radius 3 is 1.76 bits per heavy atom. The smallest absolute Gasteiger partial charge is 0.269 e. The number of benzene rings is 2. The molecule has 0 radical (unpaired) electrons. The van der Waals surface area contributed by atoms with Gasteiger partial charge in [0.1, 0.15) is 0 Å². The van der Waals surface area contributed by atoms with Gasteiger partial charge < -0.3 is 0 Å². The van der Waals surface area contributed by atoms with Crippen molar-refractivity contribution >= 4 is 12.0 Å². The molecule has 0 spiro atoms. The number of aldehydes is 1. The Balaban J connectivity index is 2.69. The standard InChI is InChI=1S/C13H5F4NO3/c14-10-8(5-19)11(15)13(17)9(12(10)16)6-1-3-7(4-2-6)18(20)21/h1-5H. The van der Waals surface area contributed by atoms with Crippen molar-refractivity contribution < 1.29 is 27.3 Å². The molecule has 0 aliphatic rings. The van der Waals surface area contributed by atoms with Gasteiger partial charge in [0.25, 0.3) is 5.69 Å². The summed E-state index contributed by atoms with van der Waals surface area (Å²) in [5.41, 5.74) is -3.04. The third kappa shape index (κ3) is 2.35. The van der Waals surface area contributed by atoms with Crippen molar-refractivity contribution in [3.63, 3.8) is 0 Å². The van der Waals surface area contributed by atoms with Gasteiger partial charge in [-0.1, -0.05) is 0 Å². The van der Waals surface area contributed by atoms with Crippen molar-refractivity contribution in [1.29, 1.82) is 0 Å². The summed E-state index contributed by atoms with van der Waals surface area (Å²) < 4.78 is 54.5. The average molecular weight is 299 g/mol. The molecule has 2 aromatic carbocycles. The van der Waals surface area contributed by atoms with Gasteiger partial charge in [0.05, 0.1) is 16.1 Å². The third-order valence-corrected chi connectivity index (χ3v) is 2.78. The Bertz CT molecular complexity index is 715. The zero-order chi connectivity index (χ0) is 15.7. The summed E-state index contributed by atoms with van der Waals surface area (Å²) in [6.45, 7) is 0. The molecule has 0 saturated carbocycles. The van der Waals surface area contributed by atoms with Crippen molar-refractivity contribution in [2.24, 2.45) is 0 Å². The Morgan fingerprint density at radius 1 is 0.905 bits per heavy atom. The molecule has 4 nitrogen and oxygen atoms in total. The van der Waals surface area contributed by atoms with Crippen LogP contribution in [0.3, 0.4) is 0 Å². The van der Waals surface area contributed by atoms with Crippen LogP contribution in [-0.4, -0.2) is 11.2 Å². The third-order valence-electron chi connectivity index (χ3n) is 2.78. The van der Waals surface area contributed by atoms with E-state index in [2.05, 4.69) is 0 Å². The molecule has 0 fully saturated rings. The van der Waals surface area contributed by atoms with Gasteiger partial charge in [-0.25, -0.2) is 17.6 Å². The van der Waals surface area contributed by atoms with Crippen LogP contribution in [0.5, 0.6) is 0 Å². The fourth-order valence-corrected chi connectivity index (χ4v) is 1.76. The molecule has 0 aliphatic carbocycles. The van der Waals surface area contributed by atoms with Gasteiger partial charge in [-0.05, 0) is 17.7 Å². The average Bonchev–Trinajstić information content (AvgIpc) is 2.47. The molecule has 0 heterocycles. The molecule has 2 rings (SSSR count). The van der Waals surface area contributed by atoms with Crippen LogP contribution in [0.25, 0.3) is 11.1 Å². The molecule has 0 atom stereocenters. The predicted octanol–water partition coefficient (Wildman–Crippen LogP) is 3.63. The van der Waals surface area contributed by atoms with Gasteiger partial charge in [0, 0.05) is 12.1 Å². The number of nitro benzene ring substituents is 1. The molecule has 108 valence electrons. The molecule has 2 aromatic rings. The number of nitrogens with zero attached hydrogens (tertiary/aromatic N) is 1. The molecule has 0 aliphatic heterocycles. The molecule has 0 amide bonds. The largest absolute Gasteiger partial charge is 0.298 e. The fourth-order valence-electron chi connectivity index (χ4n) is 1.76. The number of nitro groups is 1. The maximum Gasteiger partial charge on any atom is 0.269 e. The van der Waals surface area contributed by atoms with Crippen molar-refractivity contribution in [2.45, 2.75) is 0 Å². The van der Waals surface area contributed by atoms with E-state index >= 15 is 0 Å². The molecule has 0 aromatic heterocycles. The van der Waals surface area contributed by atoms with E-state index in [-0.39, 0.29) is 17.5 Å². The fraction of sp³-hybridized carbons (Fsp3) is 0. The number of halogens is 4. The zero-order valence-corrected chi connectivity index (χ0v) is 10.1. The second-order valence-corrected chi connectivity index (χ2v) is 3.97. The summed E-state index contributed by atoms with van der Waals surface area (Å²) in [7, 11) is 0. The SMILES string of the molecule is O=Cc1c(F)c(F)c(-c2ccc([N+](=O)[O-])cc2)c(F)c1F. The van der Waals surface area contributed by atoms with Gasteiger partial charge in [0.2, 0.25) is 0 Å². The highest BCUT2D eigenvalue weighted by molar-refractivity contribution is 5.79. The van der Waals surface area contributed by atoms with Crippen molar-refractivity contribution in [1.82, 2.24) is 0 Å². The second kappa shape index (κ2) is 5.31. The maximum absolute atomic E-state index is 13.8. The van der Waals surface area contributed by atoms with Gasteiger partial charge in [-0.2, -0.15) is 0 Å². The lowest BCUT2D eigenvalue weighted by molar-refractivity contribution is -0.384. The summed E-state index contributed by atoms with van der Waals surface area (Å²) in [6, 6.07) is 3.74. The first-order chi connectivity index (χ1) is 9.88. The first-order valence-corrected chi connectivity index (χ1v) is 5.44. The highest BCUT2D eigenvalue weighted by atomic mass is 19.2. The van der Waals surface area contributed by atoms with Crippen LogP contribution < -0.4 is 0 Å². The Morgan fingerprint density at radius 2 is 1.38 bits per heavy atom. The predicted molar refractivity (Wildman–Crippen MR) is 63.8 cm³/mol. The minimum Gasteiger partial charge on any atom is -0.298 e. The molecular weight excluding hydrogens is 294 g/mol. The quantitative estimate of drug-likeness (QED) is 0.286. The van der Waals surface area contributed by atoms with E-state index in [4.69, 9.17) is 0 Å². The van der Waals surface area contributed by atoms with Gasteiger partial charge >= 0.3 is 0 Å². The number of carbonyl (C=O) groups is 1. The molecular formula is C13H5F4NO3. The van der Waals surface area contributed by atoms with Crippen molar-refractivity contribution in [3.05, 3.63) is 63.2 Å². The van der Waals surface area contributed by atoms with Crippen LogP contribution in [0, 0.1) is 33.4 Å². The van der Waals surface area contributed by atoms with Crippen LogP contribution in [0.4, 0.5) is 23.2 Å². The highest BCUT2D eigenvalue weighted by Gasteiger charge is 2.26. The minimum atomic E-state index is -1.82. The van der Waals surface area contributed by atoms with Crippen LogP contribution >= 0.6 is 0 Å². The van der Waals surface area contributed by atoms with Gasteiger partial charge in [-0.15, -0.1) is 0 Å². The normalized spacial score (nSPS) is 10.5. The lowest BCUT2D eigenvalue weighted by Gasteiger charge is -2.09. The van der Waals surface area contributed by atoms with E-state index in [0.717, 1.165) is 24.3 Å². The summed E-state index contributed by atoms with van der Waals surface area (Å²) in [4.78, 5) is 20.2. The molecule has 0 bridgehead atoms. The van der Waals surface area contributed by atoms with Crippen LogP contribution in [0.2, 0.25) is 0 Å². The van der Waals surface area contributed by atoms with E-state index in [0.29, 0.717) is 0 Å². The first-order valence-electron chi connectivity index (χ1n) is 5.44. The number of non-ortho nitro benzene ring substituents is 1. The van der Waals surface area contributed by atoms with E-state index in [1.54, 1.807) is 0 Å². The molecule has 21 heavy (non-hydrogen) atoms. The van der Waals surface area contributed by atoms with Gasteiger partial charge in [0.15, 0.2) is 29.6 Å². The van der Waals surface area contributed by atoms with Crippen LogP contribution in [-0.2, 0) is 0 Å². The van der Waals surface area contributed by atoms with E-state index in [1.165, 1.54) is 0 Å². The molecule has 0 saturated heterocycles. The first kappa shape index (κ1) is 14.6. The minimum absolute atomic E-state index is 0.300. The Kier molecular flexibility index (Phi) is 3.70. The molecule has 0 unspecified atom stereocenters. The maximum atomic E-state index is 13.8. The number of carbonyl (C=O) groups excluding carboxylic acids is 1. The van der Waals surface area contributed by atoms with Crippen LogP contribution in [0.1, 0.15) is 10.4 Å². The zero-order valence-electron chi connectivity index (χ0n) is 10.1. The monoisotopic (exact) mass is 299 g/mol. The summed E-state index contributed by atoms with van der Waals surface area (Å²) in [6.07, 6.45) is -0.337. The number of hydrogen-bond acceptors (Lipinski definition) is 3. The van der Waals surface area contributed by atoms with Crippen molar-refractivity contribution in [3.8, 4) is 11.1 Å². The Labute approximate surface area is 114 Å². The van der Waals surface area contributed by atoms with Crippen molar-refractivity contribution in [2.75, 3.05) is 0 Å². The second-order valence-electron chi connectivity index (χ2n) is 3.97. The Hall–Kier alpha value is -2.77. The summed E-state index contributed by atoms with van der Waals surface area (Å²) in [5.74, 6) is -7.13. The lowest BCUT2D eigenvalue weighted by Crippen LogP contribution is -2.05. The molecule has 0 N–H and O–H groups in total. The van der Waals surface area contributed by atoms with E-state index < -0.39 is 39.3 Å². The van der Waals surface area contributed by atoms with Gasteiger partial charge in [-0.3, -0.25) is 14.9 Å². The topological polar surface area (TPSA) is 60.2 Å². The number of hydrogen-bond donors (Lipinski definition) is 0. The van der Waals surface area contributed by atoms with Crippen LogP contribution in [0.15, 0.2) is 24.3 Å². The lowest BCUT2D eigenvalue weighted by atomic mass is 10.0. The highest BCUT2D eigenvalue weighted by Crippen LogP contribution is 2.32. The van der Waals surface area contributed by atoms with E-state index in [9.17, 15) is 32.5 Å². The van der Waals surface area contributed by atoms with E-state index in [1.807, 2.05) is 0 Å². The summed E-state index contributed by atoms with van der Waals surface area (Å²) >= 11 is 0. The molecule has 8 heteroatoms. The summed E-state index contributed by atoms with van der Waals surface area (Å²) in [5, 5.41) is 10.5. The number of rotatable bonds is 3.